The summed E-state index contributed by atoms with van der Waals surface area (Å²) in [5.41, 5.74) is 0.961. The predicted molar refractivity (Wildman–Crippen MR) is 97.6 cm³/mol. The molecule has 118 valence electrons. The topological polar surface area (TPSA) is 34.1 Å². The summed E-state index contributed by atoms with van der Waals surface area (Å²) in [6.07, 6.45) is -1.19. The molecule has 2 aromatic rings. The van der Waals surface area contributed by atoms with Crippen LogP contribution in [0.4, 0.5) is 0 Å². The van der Waals surface area contributed by atoms with Crippen molar-refractivity contribution in [3.8, 4) is 0 Å². The van der Waals surface area contributed by atoms with Crippen LogP contribution in [-0.4, -0.2) is 10.2 Å². The van der Waals surface area contributed by atoms with E-state index in [9.17, 15) is 9.59 Å². The Morgan fingerprint density at radius 1 is 0.870 bits per heavy atom. The van der Waals surface area contributed by atoms with E-state index in [1.54, 1.807) is 13.8 Å². The van der Waals surface area contributed by atoms with Gasteiger partial charge < -0.3 is 0 Å². The number of hydrogen-bond donors (Lipinski definition) is 0. The highest BCUT2D eigenvalue weighted by atomic mass is 32.2. The third-order valence-corrected chi connectivity index (χ3v) is 4.68. The van der Waals surface area contributed by atoms with Crippen molar-refractivity contribution in [3.05, 3.63) is 71.8 Å². The van der Waals surface area contributed by atoms with E-state index in [-0.39, 0.29) is 15.8 Å². The maximum absolute atomic E-state index is 12.6. The molecular formula is C19H18O2S2. The summed E-state index contributed by atoms with van der Waals surface area (Å²) in [7, 11) is 0. The fraction of sp³-hybridized carbons (Fsp3) is 0.158. The van der Waals surface area contributed by atoms with Crippen LogP contribution in [0.5, 0.6) is 0 Å². The lowest BCUT2D eigenvalue weighted by atomic mass is 10.1. The second-order valence-corrected chi connectivity index (χ2v) is 7.12. The molecule has 0 heterocycles. The van der Waals surface area contributed by atoms with Gasteiger partial charge in [-0.2, -0.15) is 0 Å². The van der Waals surface area contributed by atoms with E-state index in [0.717, 1.165) is 33.3 Å². The highest BCUT2D eigenvalue weighted by Crippen LogP contribution is 2.28. The van der Waals surface area contributed by atoms with Crippen LogP contribution in [0, 0.1) is 0 Å². The molecule has 2 rings (SSSR count). The number of allylic oxidation sites excluding steroid dienone is 1. The van der Waals surface area contributed by atoms with E-state index < -0.39 is 6.40 Å². The molecule has 0 saturated carbocycles. The van der Waals surface area contributed by atoms with Crippen molar-refractivity contribution >= 4 is 33.8 Å². The molecule has 0 saturated heterocycles. The summed E-state index contributed by atoms with van der Waals surface area (Å²) in [6, 6.07) is 18.4. The Morgan fingerprint density at radius 3 is 1.83 bits per heavy atom. The number of rotatable bonds is 5. The lowest BCUT2D eigenvalue weighted by Gasteiger charge is -2.08. The zero-order valence-electron chi connectivity index (χ0n) is 14.0. The fourth-order valence-electron chi connectivity index (χ4n) is 1.81. The van der Waals surface area contributed by atoms with Crippen molar-refractivity contribution in [1.82, 2.24) is 0 Å². The Labute approximate surface area is 146 Å². The Bertz CT molecular complexity index is 738. The minimum absolute atomic E-state index is 0.247. The summed E-state index contributed by atoms with van der Waals surface area (Å²) < 4.78 is 8.25. The van der Waals surface area contributed by atoms with Crippen LogP contribution in [0.2, 0.25) is 0 Å². The van der Waals surface area contributed by atoms with Crippen LogP contribution in [-0.2, 0) is 9.59 Å². The minimum atomic E-state index is -1.19. The van der Waals surface area contributed by atoms with Crippen molar-refractivity contribution < 1.29 is 11.0 Å². The maximum atomic E-state index is 12.6. The molecule has 2 aromatic carbocycles. The first-order valence-corrected chi connectivity index (χ1v) is 8.76. The molecule has 23 heavy (non-hydrogen) atoms. The molecule has 0 aromatic heterocycles. The monoisotopic (exact) mass is 343 g/mol. The summed E-state index contributed by atoms with van der Waals surface area (Å²) >= 11 is 2.05. The van der Waals surface area contributed by atoms with Gasteiger partial charge in [-0.25, -0.2) is 0 Å². The number of benzene rings is 2. The number of carbonyl (C=O) groups excluding carboxylic acids is 2. The second-order valence-electron chi connectivity index (χ2n) is 4.99. The smallest absolute Gasteiger partial charge is 0.220 e. The zero-order chi connectivity index (χ0) is 17.5. The molecule has 0 aliphatic rings. The predicted octanol–water partition coefficient (Wildman–Crippen LogP) is 5.35. The van der Waals surface area contributed by atoms with Gasteiger partial charge in [0.05, 0.1) is 0 Å². The van der Waals surface area contributed by atoms with Gasteiger partial charge in [0.1, 0.15) is 0 Å². The standard InChI is InChI=1S/C19H18O2S2/c1-14(2)17(19(21)23-16-11-7-4-8-12-16)13-18(20)22-15-9-5-3-6-10-15/h3-12H,13H2,1-2H3/i13D. The second kappa shape index (κ2) is 8.75. The van der Waals surface area contributed by atoms with Crippen LogP contribution in [0.15, 0.2) is 81.6 Å². The van der Waals surface area contributed by atoms with Crippen molar-refractivity contribution in [1.29, 1.82) is 0 Å². The van der Waals surface area contributed by atoms with Gasteiger partial charge in [-0.1, -0.05) is 53.7 Å². The molecule has 1 unspecified atom stereocenters. The van der Waals surface area contributed by atoms with Gasteiger partial charge >= 0.3 is 0 Å². The summed E-state index contributed by atoms with van der Waals surface area (Å²) in [5.74, 6) is 0. The quantitative estimate of drug-likeness (QED) is 0.541. The molecule has 0 radical (unpaired) electrons. The maximum Gasteiger partial charge on any atom is 0.220 e. The van der Waals surface area contributed by atoms with Crippen LogP contribution < -0.4 is 0 Å². The van der Waals surface area contributed by atoms with Crippen molar-refractivity contribution in [3.63, 3.8) is 0 Å². The van der Waals surface area contributed by atoms with Gasteiger partial charge in [0.25, 0.3) is 0 Å². The molecule has 0 fully saturated rings. The Hall–Kier alpha value is -1.78. The fourth-order valence-corrected chi connectivity index (χ4v) is 3.39. The molecule has 0 aliphatic carbocycles. The van der Waals surface area contributed by atoms with Crippen LogP contribution in [0.1, 0.15) is 21.6 Å². The SMILES string of the molecule is [2H]C(C(=O)Sc1ccccc1)C(C(=O)Sc1ccccc1)=C(C)C. The number of carbonyl (C=O) groups is 2. The molecule has 1 atom stereocenters. The first-order chi connectivity index (χ1) is 11.5. The van der Waals surface area contributed by atoms with Gasteiger partial charge in [0.15, 0.2) is 5.12 Å². The lowest BCUT2D eigenvalue weighted by molar-refractivity contribution is -0.112. The van der Waals surface area contributed by atoms with Gasteiger partial charge in [0.2, 0.25) is 5.12 Å². The zero-order valence-corrected chi connectivity index (χ0v) is 14.6. The van der Waals surface area contributed by atoms with E-state index in [0.29, 0.717) is 5.57 Å². The molecule has 0 bridgehead atoms. The van der Waals surface area contributed by atoms with E-state index in [4.69, 9.17) is 1.37 Å². The van der Waals surface area contributed by atoms with Crippen LogP contribution >= 0.6 is 23.5 Å². The normalized spacial score (nSPS) is 12.2. The molecule has 2 nitrogen and oxygen atoms in total. The number of hydrogen-bond acceptors (Lipinski definition) is 4. The molecule has 0 aliphatic heterocycles. The first kappa shape index (κ1) is 16.1. The highest BCUT2D eigenvalue weighted by molar-refractivity contribution is 8.14. The third-order valence-electron chi connectivity index (χ3n) is 2.94. The molecule has 0 amide bonds. The van der Waals surface area contributed by atoms with Gasteiger partial charge in [-0.05, 0) is 49.9 Å². The Morgan fingerprint density at radius 2 is 1.35 bits per heavy atom. The van der Waals surface area contributed by atoms with Crippen molar-refractivity contribution in [2.24, 2.45) is 0 Å². The Balaban J connectivity index is 2.13. The van der Waals surface area contributed by atoms with Gasteiger partial charge in [-0.15, -0.1) is 0 Å². The molecule has 4 heteroatoms. The van der Waals surface area contributed by atoms with Crippen LogP contribution in [0.25, 0.3) is 0 Å². The first-order valence-electron chi connectivity index (χ1n) is 7.70. The average Bonchev–Trinajstić information content (AvgIpc) is 2.56. The van der Waals surface area contributed by atoms with E-state index in [1.807, 2.05) is 60.7 Å². The van der Waals surface area contributed by atoms with Crippen LogP contribution in [0.3, 0.4) is 0 Å². The third kappa shape index (κ3) is 5.73. The summed E-state index contributed by atoms with van der Waals surface area (Å²) in [4.78, 5) is 26.5. The average molecular weight is 343 g/mol. The summed E-state index contributed by atoms with van der Waals surface area (Å²) in [6.45, 7) is 3.53. The summed E-state index contributed by atoms with van der Waals surface area (Å²) in [5, 5.41) is -0.595. The minimum Gasteiger partial charge on any atom is -0.286 e. The van der Waals surface area contributed by atoms with E-state index in [1.165, 1.54) is 0 Å². The van der Waals surface area contributed by atoms with Crippen molar-refractivity contribution in [2.75, 3.05) is 0 Å². The number of thioether (sulfide) groups is 2. The van der Waals surface area contributed by atoms with Gasteiger partial charge in [0, 0.05) is 23.1 Å². The molecular weight excluding hydrogens is 324 g/mol. The van der Waals surface area contributed by atoms with Crippen molar-refractivity contribution in [2.45, 2.75) is 30.0 Å². The van der Waals surface area contributed by atoms with Gasteiger partial charge in [-0.3, -0.25) is 9.59 Å². The Kier molecular flexibility index (Phi) is 6.12. The van der Waals surface area contributed by atoms with E-state index in [2.05, 4.69) is 0 Å². The largest absolute Gasteiger partial charge is 0.286 e. The highest BCUT2D eigenvalue weighted by Gasteiger charge is 2.17. The molecule has 0 N–H and O–H groups in total. The molecule has 0 spiro atoms. The van der Waals surface area contributed by atoms with E-state index >= 15 is 0 Å². The lowest BCUT2D eigenvalue weighted by Crippen LogP contribution is -2.05.